The first-order valence-corrected chi connectivity index (χ1v) is 9.23. The maximum absolute atomic E-state index is 13.1. The summed E-state index contributed by atoms with van der Waals surface area (Å²) in [6.07, 6.45) is 0.672. The highest BCUT2D eigenvalue weighted by molar-refractivity contribution is 5.50. The van der Waals surface area contributed by atoms with Gasteiger partial charge in [0, 0.05) is 24.8 Å². The van der Waals surface area contributed by atoms with Crippen molar-refractivity contribution in [2.24, 2.45) is 0 Å². The van der Waals surface area contributed by atoms with Crippen molar-refractivity contribution in [3.8, 4) is 6.01 Å². The van der Waals surface area contributed by atoms with Crippen LogP contribution in [0.1, 0.15) is 24.4 Å². The summed E-state index contributed by atoms with van der Waals surface area (Å²) in [5.41, 5.74) is 1.47. The zero-order valence-electron chi connectivity index (χ0n) is 16.1. The number of aromatic nitrogens is 6. The molecule has 4 heterocycles. The molecular weight excluding hydrogens is 379 g/mol. The maximum atomic E-state index is 13.1. The van der Waals surface area contributed by atoms with Gasteiger partial charge in [-0.2, -0.15) is 20.1 Å². The predicted molar refractivity (Wildman–Crippen MR) is 103 cm³/mol. The number of nitrogens with one attached hydrogen (secondary N) is 2. The fourth-order valence-corrected chi connectivity index (χ4v) is 2.80. The number of nitrogens with zero attached hydrogens (tertiary/aromatic N) is 6. The second kappa shape index (κ2) is 8.35. The lowest BCUT2D eigenvalue weighted by atomic mass is 10.2. The lowest BCUT2D eigenvalue weighted by Gasteiger charge is -2.27. The second-order valence-corrected chi connectivity index (χ2v) is 6.56. The Morgan fingerprint density at radius 2 is 2.07 bits per heavy atom. The summed E-state index contributed by atoms with van der Waals surface area (Å²) in [4.78, 5) is 19.3. The summed E-state index contributed by atoms with van der Waals surface area (Å²) in [5, 5.41) is 10.1. The second-order valence-electron chi connectivity index (χ2n) is 6.56. The first kappa shape index (κ1) is 19.0. The normalized spacial score (nSPS) is 15.2. The Morgan fingerprint density at radius 1 is 1.24 bits per heavy atom. The van der Waals surface area contributed by atoms with Crippen LogP contribution in [0.2, 0.25) is 0 Å². The van der Waals surface area contributed by atoms with E-state index in [1.54, 1.807) is 13.0 Å². The first-order valence-electron chi connectivity index (χ1n) is 9.23. The Morgan fingerprint density at radius 3 is 2.76 bits per heavy atom. The smallest absolute Gasteiger partial charge is 0.323 e. The van der Waals surface area contributed by atoms with E-state index in [1.807, 2.05) is 17.9 Å². The molecule has 1 saturated heterocycles. The number of aryl methyl sites for hydroxylation is 1. The van der Waals surface area contributed by atoms with Crippen LogP contribution in [0.5, 0.6) is 6.01 Å². The van der Waals surface area contributed by atoms with E-state index in [-0.39, 0.29) is 6.01 Å². The Labute approximate surface area is 166 Å². The van der Waals surface area contributed by atoms with Crippen LogP contribution in [0, 0.1) is 12.7 Å². The van der Waals surface area contributed by atoms with Crippen LogP contribution < -0.4 is 15.0 Å². The van der Waals surface area contributed by atoms with Crippen LogP contribution in [0.4, 0.5) is 22.1 Å². The quantitative estimate of drug-likeness (QED) is 0.642. The molecule has 4 rings (SSSR count). The van der Waals surface area contributed by atoms with Crippen molar-refractivity contribution in [1.29, 1.82) is 0 Å². The van der Waals surface area contributed by atoms with Crippen LogP contribution >= 0.6 is 0 Å². The Bertz CT molecular complexity index is 959. The molecule has 2 N–H and O–H groups in total. The van der Waals surface area contributed by atoms with Crippen molar-refractivity contribution in [2.75, 3.05) is 36.5 Å². The standard InChI is InChI=1S/C18H21FN8O2/c1-11-9-15(26-25-11)21-16-22-17(27-5-7-28-8-6-27)24-18(23-16)29-12(2)14-4-3-13(19)10-20-14/h3-4,9-10,12H,5-8H2,1-2H3,(H2,21,22,23,24,25,26). The van der Waals surface area contributed by atoms with Crippen LogP contribution in [-0.4, -0.2) is 56.4 Å². The third kappa shape index (κ3) is 4.74. The van der Waals surface area contributed by atoms with E-state index >= 15 is 0 Å². The number of rotatable bonds is 6. The molecule has 0 aromatic carbocycles. The number of hydrogen-bond donors (Lipinski definition) is 2. The molecule has 1 atom stereocenters. The van der Waals surface area contributed by atoms with Crippen molar-refractivity contribution in [3.05, 3.63) is 41.6 Å². The van der Waals surface area contributed by atoms with Gasteiger partial charge in [-0.3, -0.25) is 10.1 Å². The van der Waals surface area contributed by atoms with E-state index in [1.165, 1.54) is 6.07 Å². The van der Waals surface area contributed by atoms with E-state index in [0.29, 0.717) is 49.7 Å². The van der Waals surface area contributed by atoms with Crippen LogP contribution in [0.3, 0.4) is 0 Å². The number of ether oxygens (including phenoxy) is 2. The van der Waals surface area contributed by atoms with Crippen molar-refractivity contribution in [1.82, 2.24) is 30.1 Å². The molecule has 1 aliphatic heterocycles. The number of aromatic amines is 1. The van der Waals surface area contributed by atoms with Crippen molar-refractivity contribution >= 4 is 17.7 Å². The summed E-state index contributed by atoms with van der Waals surface area (Å²) in [7, 11) is 0. The number of hydrogen-bond acceptors (Lipinski definition) is 9. The Hall–Kier alpha value is -3.34. The van der Waals surface area contributed by atoms with E-state index in [9.17, 15) is 4.39 Å². The van der Waals surface area contributed by atoms with Gasteiger partial charge < -0.3 is 19.7 Å². The average molecular weight is 400 g/mol. The summed E-state index contributed by atoms with van der Waals surface area (Å²) in [6.45, 7) is 6.22. The number of halogens is 1. The molecule has 11 heteroatoms. The highest BCUT2D eigenvalue weighted by Crippen LogP contribution is 2.22. The minimum atomic E-state index is -0.476. The molecule has 0 amide bonds. The molecule has 0 bridgehead atoms. The molecule has 1 aliphatic rings. The van der Waals surface area contributed by atoms with Gasteiger partial charge in [-0.05, 0) is 26.0 Å². The monoisotopic (exact) mass is 400 g/mol. The lowest BCUT2D eigenvalue weighted by Crippen LogP contribution is -2.37. The van der Waals surface area contributed by atoms with E-state index in [2.05, 4.69) is 35.5 Å². The highest BCUT2D eigenvalue weighted by Gasteiger charge is 2.19. The molecule has 10 nitrogen and oxygen atoms in total. The molecule has 1 fully saturated rings. The third-order valence-electron chi connectivity index (χ3n) is 4.29. The first-order chi connectivity index (χ1) is 14.1. The SMILES string of the molecule is Cc1cc(Nc2nc(OC(C)c3ccc(F)cn3)nc(N3CCOCC3)n2)n[nH]1. The molecule has 0 radical (unpaired) electrons. The average Bonchev–Trinajstić information content (AvgIpc) is 3.13. The van der Waals surface area contributed by atoms with Gasteiger partial charge in [0.1, 0.15) is 11.9 Å². The number of pyridine rings is 1. The van der Waals surface area contributed by atoms with Gasteiger partial charge in [0.2, 0.25) is 11.9 Å². The number of morpholine rings is 1. The molecule has 0 aliphatic carbocycles. The van der Waals surface area contributed by atoms with Gasteiger partial charge in [-0.1, -0.05) is 0 Å². The van der Waals surface area contributed by atoms with E-state index < -0.39 is 11.9 Å². The lowest BCUT2D eigenvalue weighted by molar-refractivity contribution is 0.121. The fraction of sp³-hybridized carbons (Fsp3) is 0.389. The van der Waals surface area contributed by atoms with Gasteiger partial charge in [0.05, 0.1) is 25.1 Å². The highest BCUT2D eigenvalue weighted by atomic mass is 19.1. The van der Waals surface area contributed by atoms with Crippen LogP contribution in [0.15, 0.2) is 24.4 Å². The van der Waals surface area contributed by atoms with Crippen molar-refractivity contribution in [3.63, 3.8) is 0 Å². The van der Waals surface area contributed by atoms with Gasteiger partial charge in [-0.15, -0.1) is 0 Å². The van der Waals surface area contributed by atoms with Crippen LogP contribution in [-0.2, 0) is 4.74 Å². The van der Waals surface area contributed by atoms with E-state index in [0.717, 1.165) is 11.9 Å². The van der Waals surface area contributed by atoms with Gasteiger partial charge in [0.25, 0.3) is 0 Å². The zero-order chi connectivity index (χ0) is 20.2. The minimum Gasteiger partial charge on any atom is -0.454 e. The topological polar surface area (TPSA) is 114 Å². The summed E-state index contributed by atoms with van der Waals surface area (Å²) in [6, 6.07) is 4.87. The molecular formula is C18H21FN8O2. The molecule has 3 aromatic heterocycles. The van der Waals surface area contributed by atoms with Gasteiger partial charge in [-0.25, -0.2) is 4.39 Å². The molecule has 152 valence electrons. The van der Waals surface area contributed by atoms with E-state index in [4.69, 9.17) is 9.47 Å². The van der Waals surface area contributed by atoms with Crippen LogP contribution in [0.25, 0.3) is 0 Å². The summed E-state index contributed by atoms with van der Waals surface area (Å²) < 4.78 is 24.4. The third-order valence-corrected chi connectivity index (χ3v) is 4.29. The van der Waals surface area contributed by atoms with Gasteiger partial charge in [0.15, 0.2) is 5.82 Å². The molecule has 1 unspecified atom stereocenters. The molecule has 3 aromatic rings. The Balaban J connectivity index is 1.60. The molecule has 29 heavy (non-hydrogen) atoms. The summed E-state index contributed by atoms with van der Waals surface area (Å²) in [5.74, 6) is 0.965. The summed E-state index contributed by atoms with van der Waals surface area (Å²) >= 11 is 0. The largest absolute Gasteiger partial charge is 0.454 e. The van der Waals surface area contributed by atoms with Crippen molar-refractivity contribution < 1.29 is 13.9 Å². The van der Waals surface area contributed by atoms with Crippen molar-refractivity contribution in [2.45, 2.75) is 20.0 Å². The Kier molecular flexibility index (Phi) is 5.47. The van der Waals surface area contributed by atoms with Gasteiger partial charge >= 0.3 is 6.01 Å². The fourth-order valence-electron chi connectivity index (χ4n) is 2.80. The zero-order valence-corrected chi connectivity index (χ0v) is 16.1. The minimum absolute atomic E-state index is 0.134. The number of anilines is 3. The predicted octanol–water partition coefficient (Wildman–Crippen LogP) is 2.16. The number of H-pyrrole nitrogens is 1. The maximum Gasteiger partial charge on any atom is 0.323 e. The molecule has 0 spiro atoms. The molecule has 0 saturated carbocycles.